The number of aromatic nitrogens is 5. The minimum atomic E-state index is -0.400. The number of pyridine rings is 1. The molecule has 0 radical (unpaired) electrons. The van der Waals surface area contributed by atoms with Gasteiger partial charge in [-0.3, -0.25) is 4.79 Å². The predicted molar refractivity (Wildman–Crippen MR) is 126 cm³/mol. The maximum absolute atomic E-state index is 14.2. The smallest absolute Gasteiger partial charge is 0.246 e. The quantitative estimate of drug-likeness (QED) is 0.313. The van der Waals surface area contributed by atoms with Crippen LogP contribution in [0, 0.1) is 5.82 Å². The maximum Gasteiger partial charge on any atom is 0.246 e. The number of aryl methyl sites for hydroxylation is 1. The molecule has 0 saturated heterocycles. The Morgan fingerprint density at radius 1 is 1.11 bits per heavy atom. The number of aldehydes is 1. The van der Waals surface area contributed by atoms with E-state index in [1.165, 1.54) is 19.2 Å². The zero-order valence-electron chi connectivity index (χ0n) is 19.2. The molecule has 0 aliphatic heterocycles. The fourth-order valence-electron chi connectivity index (χ4n) is 3.82. The summed E-state index contributed by atoms with van der Waals surface area (Å²) in [5.41, 5.74) is 3.59. The summed E-state index contributed by atoms with van der Waals surface area (Å²) in [5, 5.41) is 8.06. The van der Waals surface area contributed by atoms with E-state index in [0.29, 0.717) is 69.4 Å². The van der Waals surface area contributed by atoms with Crippen LogP contribution in [0.15, 0.2) is 53.2 Å². The largest absolute Gasteiger partial charge is 0.493 e. The van der Waals surface area contributed by atoms with E-state index in [9.17, 15) is 9.18 Å². The number of carbonyl (C=O) groups excluding carboxylic acids is 1. The van der Waals surface area contributed by atoms with E-state index in [0.717, 1.165) is 0 Å². The monoisotopic (exact) mass is 473 g/mol. The Bertz CT molecular complexity index is 1560. The summed E-state index contributed by atoms with van der Waals surface area (Å²) in [6.07, 6.45) is 2.26. The van der Waals surface area contributed by atoms with Gasteiger partial charge >= 0.3 is 0 Å². The van der Waals surface area contributed by atoms with E-state index in [4.69, 9.17) is 13.9 Å². The first-order chi connectivity index (χ1) is 17.0. The highest BCUT2D eigenvalue weighted by molar-refractivity contribution is 5.89. The molecule has 5 aromatic rings. The molecule has 176 valence electrons. The number of halogens is 1. The first-order valence-corrected chi connectivity index (χ1v) is 10.7. The van der Waals surface area contributed by atoms with Gasteiger partial charge in [0.15, 0.2) is 17.2 Å². The summed E-state index contributed by atoms with van der Waals surface area (Å²) < 4.78 is 33.0. The van der Waals surface area contributed by atoms with Gasteiger partial charge in [-0.25, -0.2) is 14.4 Å². The van der Waals surface area contributed by atoms with Crippen LogP contribution in [0.4, 0.5) is 4.39 Å². The van der Waals surface area contributed by atoms with Crippen molar-refractivity contribution < 1.29 is 23.1 Å². The van der Waals surface area contributed by atoms with Gasteiger partial charge in [-0.15, -0.1) is 10.2 Å². The second-order valence-corrected chi connectivity index (χ2v) is 7.68. The number of oxazole rings is 1. The first-order valence-electron chi connectivity index (χ1n) is 10.7. The molecule has 0 amide bonds. The molecule has 5 rings (SSSR count). The number of nitrogens with zero attached hydrogens (tertiary/aromatic N) is 5. The van der Waals surface area contributed by atoms with Crippen molar-refractivity contribution in [1.29, 1.82) is 0 Å². The fourth-order valence-corrected chi connectivity index (χ4v) is 3.82. The number of rotatable bonds is 7. The summed E-state index contributed by atoms with van der Waals surface area (Å²) in [7, 11) is 3.27. The summed E-state index contributed by atoms with van der Waals surface area (Å²) in [6, 6.07) is 11.2. The van der Waals surface area contributed by atoms with Gasteiger partial charge in [0, 0.05) is 24.2 Å². The molecule has 35 heavy (non-hydrogen) atoms. The molecule has 10 heteroatoms. The van der Waals surface area contributed by atoms with Crippen molar-refractivity contribution in [2.24, 2.45) is 7.05 Å². The molecule has 0 saturated carbocycles. The van der Waals surface area contributed by atoms with Gasteiger partial charge in [-0.1, -0.05) is 6.07 Å². The number of methoxy groups -OCH3 is 1. The molecule has 0 spiro atoms. The van der Waals surface area contributed by atoms with Crippen molar-refractivity contribution in [1.82, 2.24) is 24.7 Å². The molecular weight excluding hydrogens is 453 g/mol. The van der Waals surface area contributed by atoms with E-state index < -0.39 is 5.82 Å². The zero-order chi connectivity index (χ0) is 24.5. The standard InChI is InChI=1S/C25H20FN5O4/c1-4-34-22-10-15(17-6-5-16(26)11-18(17)24-30-27-13-31(24)2)9-20(28-22)25-29-19-7-14(12-32)8-21(33-3)23(19)35-25/h5-13H,4H2,1-3H3. The third-order valence-electron chi connectivity index (χ3n) is 5.39. The molecule has 0 aliphatic rings. The Morgan fingerprint density at radius 2 is 1.97 bits per heavy atom. The second kappa shape index (κ2) is 8.98. The van der Waals surface area contributed by atoms with E-state index in [2.05, 4.69) is 20.2 Å². The number of fused-ring (bicyclic) bond motifs is 1. The topological polar surface area (TPSA) is 105 Å². The lowest BCUT2D eigenvalue weighted by Crippen LogP contribution is -1.99. The van der Waals surface area contributed by atoms with Crippen molar-refractivity contribution in [3.8, 4) is 45.7 Å². The van der Waals surface area contributed by atoms with E-state index >= 15 is 0 Å². The highest BCUT2D eigenvalue weighted by Gasteiger charge is 2.19. The van der Waals surface area contributed by atoms with Crippen LogP contribution in [0.2, 0.25) is 0 Å². The lowest BCUT2D eigenvalue weighted by atomic mass is 9.99. The van der Waals surface area contributed by atoms with Gasteiger partial charge in [-0.05, 0) is 48.4 Å². The van der Waals surface area contributed by atoms with E-state index in [1.54, 1.807) is 48.3 Å². The van der Waals surface area contributed by atoms with Crippen molar-refractivity contribution in [3.05, 3.63) is 60.2 Å². The molecular formula is C25H20FN5O4. The van der Waals surface area contributed by atoms with Crippen LogP contribution in [-0.4, -0.2) is 44.7 Å². The second-order valence-electron chi connectivity index (χ2n) is 7.68. The Kier molecular flexibility index (Phi) is 5.69. The molecule has 3 heterocycles. The molecule has 3 aromatic heterocycles. The van der Waals surface area contributed by atoms with Crippen LogP contribution >= 0.6 is 0 Å². The number of carbonyl (C=O) groups is 1. The van der Waals surface area contributed by atoms with E-state index in [1.807, 2.05) is 6.92 Å². The number of hydrogen-bond acceptors (Lipinski definition) is 8. The average Bonchev–Trinajstić information content (AvgIpc) is 3.49. The molecule has 0 bridgehead atoms. The molecule has 0 fully saturated rings. The fraction of sp³-hybridized carbons (Fsp3) is 0.160. The molecule has 2 aromatic carbocycles. The molecule has 9 nitrogen and oxygen atoms in total. The summed E-state index contributed by atoms with van der Waals surface area (Å²) in [5.74, 6) is 1.04. The molecule has 0 atom stereocenters. The van der Waals surface area contributed by atoms with Gasteiger partial charge in [0.05, 0.1) is 13.7 Å². The predicted octanol–water partition coefficient (Wildman–Crippen LogP) is 4.71. The number of ether oxygens (including phenoxy) is 2. The van der Waals surface area contributed by atoms with Crippen molar-refractivity contribution in [2.45, 2.75) is 6.92 Å². The Hall–Kier alpha value is -4.60. The SMILES string of the molecule is CCOc1cc(-c2ccc(F)cc2-c2nncn2C)cc(-c2nc3cc(C=O)cc(OC)c3o2)n1. The van der Waals surface area contributed by atoms with Crippen LogP contribution in [0.25, 0.3) is 45.2 Å². The lowest BCUT2D eigenvalue weighted by Gasteiger charge is -2.12. The van der Waals surface area contributed by atoms with Crippen LogP contribution in [0.1, 0.15) is 17.3 Å². The summed E-state index contributed by atoms with van der Waals surface area (Å²) >= 11 is 0. The normalized spacial score (nSPS) is 11.1. The third-order valence-corrected chi connectivity index (χ3v) is 5.39. The molecule has 0 aliphatic carbocycles. The minimum absolute atomic E-state index is 0.214. The Morgan fingerprint density at radius 3 is 2.69 bits per heavy atom. The number of benzene rings is 2. The van der Waals surface area contributed by atoms with E-state index in [-0.39, 0.29) is 5.89 Å². The van der Waals surface area contributed by atoms with Gasteiger partial charge in [0.2, 0.25) is 11.8 Å². The highest BCUT2D eigenvalue weighted by atomic mass is 19.1. The Balaban J connectivity index is 1.71. The third kappa shape index (κ3) is 4.10. The van der Waals surface area contributed by atoms with Crippen molar-refractivity contribution in [2.75, 3.05) is 13.7 Å². The van der Waals surface area contributed by atoms with Crippen molar-refractivity contribution >= 4 is 17.4 Å². The Labute approximate surface area is 199 Å². The average molecular weight is 473 g/mol. The van der Waals surface area contributed by atoms with Gasteiger partial charge < -0.3 is 18.5 Å². The van der Waals surface area contributed by atoms with Gasteiger partial charge in [0.1, 0.15) is 29.6 Å². The lowest BCUT2D eigenvalue weighted by molar-refractivity contribution is 0.112. The summed E-state index contributed by atoms with van der Waals surface area (Å²) in [6.45, 7) is 2.24. The minimum Gasteiger partial charge on any atom is -0.493 e. The van der Waals surface area contributed by atoms with Gasteiger partial charge in [0.25, 0.3) is 0 Å². The van der Waals surface area contributed by atoms with Crippen molar-refractivity contribution in [3.63, 3.8) is 0 Å². The zero-order valence-corrected chi connectivity index (χ0v) is 19.2. The van der Waals surface area contributed by atoms with Crippen LogP contribution < -0.4 is 9.47 Å². The molecule has 0 N–H and O–H groups in total. The maximum atomic E-state index is 14.2. The number of hydrogen-bond donors (Lipinski definition) is 0. The summed E-state index contributed by atoms with van der Waals surface area (Å²) in [4.78, 5) is 20.4. The van der Waals surface area contributed by atoms with Crippen LogP contribution in [0.5, 0.6) is 11.6 Å². The van der Waals surface area contributed by atoms with Crippen LogP contribution in [-0.2, 0) is 7.05 Å². The van der Waals surface area contributed by atoms with Gasteiger partial charge in [-0.2, -0.15) is 0 Å². The first kappa shape index (κ1) is 22.2. The highest BCUT2D eigenvalue weighted by Crippen LogP contribution is 2.37. The van der Waals surface area contributed by atoms with Crippen LogP contribution in [0.3, 0.4) is 0 Å². The molecule has 0 unspecified atom stereocenters.